The topological polar surface area (TPSA) is 125 Å². The number of hydrogen-bond donors (Lipinski definition) is 0. The molecule has 48 heavy (non-hydrogen) atoms. The van der Waals surface area contributed by atoms with Crippen molar-refractivity contribution in [2.24, 2.45) is 0 Å². The van der Waals surface area contributed by atoms with E-state index in [1.54, 1.807) is 23.0 Å². The number of benzene rings is 2. The standard InChI is InChI=1S/C36H39N11O/c1-3-26(2)45-15-13-44(14-16-45)24-27-7-9-29(10-8-27)31-21-39-36(40-22-31)46-17-18-48-32(25-46)11-12-47-35-34(42-43-47)38-23-33(41-35)30-6-4-5-28(19-30)20-37/h4-10,19,21-23,32H,2-3,11-18,24-25H2,1H3. The summed E-state index contributed by atoms with van der Waals surface area (Å²) in [6.07, 6.45) is 7.19. The van der Waals surface area contributed by atoms with E-state index in [1.807, 2.05) is 24.5 Å². The van der Waals surface area contributed by atoms with Crippen molar-refractivity contribution in [2.45, 2.75) is 39.0 Å². The van der Waals surface area contributed by atoms with E-state index in [9.17, 15) is 5.26 Å². The number of nitrogens with zero attached hydrogens (tertiary/aromatic N) is 11. The minimum absolute atomic E-state index is 0.0225. The van der Waals surface area contributed by atoms with Gasteiger partial charge in [0.05, 0.1) is 36.2 Å². The van der Waals surface area contributed by atoms with Crippen LogP contribution in [0.15, 0.2) is 79.4 Å². The highest BCUT2D eigenvalue weighted by Gasteiger charge is 2.23. The average molecular weight is 642 g/mol. The number of ether oxygens (including phenoxy) is 1. The molecule has 0 N–H and O–H groups in total. The van der Waals surface area contributed by atoms with Gasteiger partial charge in [0.2, 0.25) is 11.6 Å². The highest BCUT2D eigenvalue weighted by Crippen LogP contribution is 2.23. The maximum absolute atomic E-state index is 9.27. The van der Waals surface area contributed by atoms with Crippen LogP contribution >= 0.6 is 0 Å². The van der Waals surface area contributed by atoms with Gasteiger partial charge >= 0.3 is 0 Å². The van der Waals surface area contributed by atoms with E-state index in [1.165, 1.54) is 11.3 Å². The van der Waals surface area contributed by atoms with Crippen LogP contribution in [0.2, 0.25) is 0 Å². The van der Waals surface area contributed by atoms with Crippen LogP contribution in [0.4, 0.5) is 5.95 Å². The van der Waals surface area contributed by atoms with E-state index in [0.717, 1.165) is 68.8 Å². The number of piperazine rings is 1. The molecule has 1 unspecified atom stereocenters. The van der Waals surface area contributed by atoms with Gasteiger partial charge in [-0.3, -0.25) is 4.90 Å². The molecule has 2 aliphatic heterocycles. The fraction of sp³-hybridized carbons (Fsp3) is 0.361. The fourth-order valence-electron chi connectivity index (χ4n) is 6.28. The molecule has 2 saturated heterocycles. The van der Waals surface area contributed by atoms with Crippen LogP contribution in [0.25, 0.3) is 33.7 Å². The Hall–Kier alpha value is -5.25. The third-order valence-electron chi connectivity index (χ3n) is 9.16. The number of hydrogen-bond acceptors (Lipinski definition) is 11. The summed E-state index contributed by atoms with van der Waals surface area (Å²) in [4.78, 5) is 25.8. The van der Waals surface area contributed by atoms with Crippen molar-refractivity contribution in [2.75, 3.05) is 50.8 Å². The van der Waals surface area contributed by atoms with Crippen LogP contribution in [0, 0.1) is 11.3 Å². The van der Waals surface area contributed by atoms with Crippen molar-refractivity contribution in [3.05, 3.63) is 90.5 Å². The summed E-state index contributed by atoms with van der Waals surface area (Å²) in [5, 5.41) is 17.8. The minimum Gasteiger partial charge on any atom is -0.374 e. The normalized spacial score (nSPS) is 17.0. The van der Waals surface area contributed by atoms with Crippen LogP contribution in [0.5, 0.6) is 0 Å². The second-order valence-corrected chi connectivity index (χ2v) is 12.3. The number of allylic oxidation sites excluding steroid dienone is 1. The lowest BCUT2D eigenvalue weighted by atomic mass is 10.1. The Kier molecular flexibility index (Phi) is 9.31. The molecular formula is C36H39N11O. The number of anilines is 1. The molecule has 0 spiro atoms. The number of rotatable bonds is 10. The molecule has 2 fully saturated rings. The summed E-state index contributed by atoms with van der Waals surface area (Å²) in [6.45, 7) is 14.1. The lowest BCUT2D eigenvalue weighted by molar-refractivity contribution is 0.0315. The number of morpholine rings is 1. The van der Waals surface area contributed by atoms with Gasteiger partial charge in [-0.15, -0.1) is 5.10 Å². The van der Waals surface area contributed by atoms with Crippen LogP contribution in [-0.2, 0) is 17.8 Å². The minimum atomic E-state index is -0.0225. The lowest BCUT2D eigenvalue weighted by Gasteiger charge is -2.36. The molecule has 12 nitrogen and oxygen atoms in total. The maximum Gasteiger partial charge on any atom is 0.225 e. The summed E-state index contributed by atoms with van der Waals surface area (Å²) < 4.78 is 7.87. The Morgan fingerprint density at radius 1 is 0.958 bits per heavy atom. The van der Waals surface area contributed by atoms with Gasteiger partial charge in [-0.25, -0.2) is 24.6 Å². The molecule has 0 amide bonds. The number of fused-ring (bicyclic) bond motifs is 1. The van der Waals surface area contributed by atoms with Crippen molar-refractivity contribution in [3.63, 3.8) is 0 Å². The van der Waals surface area contributed by atoms with Crippen molar-refractivity contribution in [1.29, 1.82) is 5.26 Å². The Labute approximate surface area is 280 Å². The van der Waals surface area contributed by atoms with Crippen molar-refractivity contribution >= 4 is 17.2 Å². The van der Waals surface area contributed by atoms with E-state index in [0.29, 0.717) is 48.2 Å². The third-order valence-corrected chi connectivity index (χ3v) is 9.16. The predicted molar refractivity (Wildman–Crippen MR) is 184 cm³/mol. The first-order valence-electron chi connectivity index (χ1n) is 16.6. The van der Waals surface area contributed by atoms with Crippen LogP contribution in [-0.4, -0.2) is 96.7 Å². The third kappa shape index (κ3) is 7.02. The first-order valence-corrected chi connectivity index (χ1v) is 16.6. The highest BCUT2D eigenvalue weighted by atomic mass is 16.5. The molecular weight excluding hydrogens is 602 g/mol. The van der Waals surface area contributed by atoms with Gasteiger partial charge in [-0.05, 0) is 36.1 Å². The molecule has 2 aliphatic rings. The van der Waals surface area contributed by atoms with Gasteiger partial charge in [0.25, 0.3) is 0 Å². The van der Waals surface area contributed by atoms with Gasteiger partial charge in [0.1, 0.15) is 0 Å². The van der Waals surface area contributed by atoms with E-state index >= 15 is 0 Å². The molecule has 7 rings (SSSR count). The fourth-order valence-corrected chi connectivity index (χ4v) is 6.28. The van der Waals surface area contributed by atoms with Crippen LogP contribution < -0.4 is 4.90 Å². The summed E-state index contributed by atoms with van der Waals surface area (Å²) >= 11 is 0. The quantitative estimate of drug-likeness (QED) is 0.213. The van der Waals surface area contributed by atoms with Crippen LogP contribution in [0.3, 0.4) is 0 Å². The summed E-state index contributed by atoms with van der Waals surface area (Å²) in [6, 6.07) is 18.2. The zero-order chi connectivity index (χ0) is 32.9. The molecule has 0 aliphatic carbocycles. The second-order valence-electron chi connectivity index (χ2n) is 12.3. The summed E-state index contributed by atoms with van der Waals surface area (Å²) in [5.41, 5.74) is 7.82. The molecule has 0 saturated carbocycles. The summed E-state index contributed by atoms with van der Waals surface area (Å²) in [5.74, 6) is 0.704. The molecule has 2 aromatic carbocycles. The van der Waals surface area contributed by atoms with Gasteiger partial charge < -0.3 is 14.5 Å². The molecule has 3 aromatic heterocycles. The molecule has 0 bridgehead atoms. The first-order chi connectivity index (χ1) is 23.6. The maximum atomic E-state index is 9.27. The monoisotopic (exact) mass is 641 g/mol. The molecule has 1 atom stereocenters. The van der Waals surface area contributed by atoms with E-state index in [2.05, 4.69) is 73.8 Å². The van der Waals surface area contributed by atoms with E-state index < -0.39 is 0 Å². The van der Waals surface area contributed by atoms with Gasteiger partial charge in [-0.2, -0.15) is 5.26 Å². The number of aryl methyl sites for hydroxylation is 1. The highest BCUT2D eigenvalue weighted by molar-refractivity contribution is 5.70. The molecule has 244 valence electrons. The van der Waals surface area contributed by atoms with E-state index in [-0.39, 0.29) is 6.10 Å². The van der Waals surface area contributed by atoms with E-state index in [4.69, 9.17) is 19.7 Å². The molecule has 12 heteroatoms. The van der Waals surface area contributed by atoms with Crippen molar-refractivity contribution < 1.29 is 4.74 Å². The second kappa shape index (κ2) is 14.3. The SMILES string of the molecule is C=C(CC)N1CCN(Cc2ccc(-c3cnc(N4CCOC(CCn5nnc6ncc(-c7cccc(C#N)c7)nc65)C4)nc3)cc2)CC1. The Morgan fingerprint density at radius 2 is 1.77 bits per heavy atom. The average Bonchev–Trinajstić information content (AvgIpc) is 3.56. The number of aromatic nitrogens is 7. The Morgan fingerprint density at radius 3 is 2.54 bits per heavy atom. The zero-order valence-electron chi connectivity index (χ0n) is 27.2. The largest absolute Gasteiger partial charge is 0.374 e. The Balaban J connectivity index is 0.937. The zero-order valence-corrected chi connectivity index (χ0v) is 27.2. The number of nitriles is 1. The molecule has 5 heterocycles. The van der Waals surface area contributed by atoms with Gasteiger partial charge in [-0.1, -0.05) is 55.1 Å². The van der Waals surface area contributed by atoms with Gasteiger partial charge in [0.15, 0.2) is 5.65 Å². The lowest BCUT2D eigenvalue weighted by Crippen LogP contribution is -2.45. The van der Waals surface area contributed by atoms with Gasteiger partial charge in [0, 0.05) is 81.6 Å². The van der Waals surface area contributed by atoms with Crippen LogP contribution in [0.1, 0.15) is 30.9 Å². The smallest absolute Gasteiger partial charge is 0.225 e. The van der Waals surface area contributed by atoms with Crippen molar-refractivity contribution in [3.8, 4) is 28.5 Å². The van der Waals surface area contributed by atoms with Crippen molar-refractivity contribution in [1.82, 2.24) is 44.7 Å². The molecule has 5 aromatic rings. The Bertz CT molecular complexity index is 1910. The molecule has 0 radical (unpaired) electrons. The summed E-state index contributed by atoms with van der Waals surface area (Å²) in [7, 11) is 0. The predicted octanol–water partition coefficient (Wildman–Crippen LogP) is 4.55. The first kappa shape index (κ1) is 31.4.